The lowest BCUT2D eigenvalue weighted by atomic mass is 9.98. The van der Waals surface area contributed by atoms with E-state index >= 15 is 0 Å². The second kappa shape index (κ2) is 7.19. The first-order valence-corrected chi connectivity index (χ1v) is 9.43. The highest BCUT2D eigenvalue weighted by Crippen LogP contribution is 2.43. The van der Waals surface area contributed by atoms with Gasteiger partial charge in [0.1, 0.15) is 23.1 Å². The van der Waals surface area contributed by atoms with Crippen LogP contribution in [0.5, 0.6) is 0 Å². The number of amides is 1. The van der Waals surface area contributed by atoms with Crippen LogP contribution in [0.3, 0.4) is 0 Å². The molecule has 0 atom stereocenters. The minimum Gasteiger partial charge on any atom is -0.436 e. The second-order valence-corrected chi connectivity index (χ2v) is 6.79. The molecule has 5 nitrogen and oxygen atoms in total. The lowest BCUT2D eigenvalue weighted by Gasteiger charge is -2.03. The van der Waals surface area contributed by atoms with E-state index in [0.717, 1.165) is 11.1 Å². The molecule has 142 valence electrons. The maximum Gasteiger partial charge on any atom is 0.275 e. The Morgan fingerprint density at radius 1 is 0.833 bits per heavy atom. The van der Waals surface area contributed by atoms with E-state index < -0.39 is 0 Å². The van der Waals surface area contributed by atoms with Crippen LogP contribution in [0.15, 0.2) is 94.3 Å². The van der Waals surface area contributed by atoms with Crippen molar-refractivity contribution in [2.75, 3.05) is 5.32 Å². The molecule has 0 radical (unpaired) electrons. The lowest BCUT2D eigenvalue weighted by Crippen LogP contribution is -2.13. The van der Waals surface area contributed by atoms with Crippen molar-refractivity contribution < 1.29 is 9.21 Å². The number of rotatable bonds is 3. The van der Waals surface area contributed by atoms with Crippen LogP contribution >= 0.6 is 0 Å². The highest BCUT2D eigenvalue weighted by atomic mass is 16.4. The zero-order valence-electron chi connectivity index (χ0n) is 15.8. The third-order valence-electron chi connectivity index (χ3n) is 4.96. The van der Waals surface area contributed by atoms with Crippen LogP contribution < -0.4 is 5.32 Å². The van der Waals surface area contributed by atoms with Gasteiger partial charge in [-0.1, -0.05) is 78.9 Å². The largest absolute Gasteiger partial charge is 0.436 e. The summed E-state index contributed by atoms with van der Waals surface area (Å²) in [7, 11) is 0. The third kappa shape index (κ3) is 2.88. The summed E-state index contributed by atoms with van der Waals surface area (Å²) in [6.45, 7) is 0. The topological polar surface area (TPSA) is 78.4 Å². The van der Waals surface area contributed by atoms with Gasteiger partial charge in [0.05, 0.1) is 5.69 Å². The van der Waals surface area contributed by atoms with Gasteiger partial charge in [-0.15, -0.1) is 0 Å². The summed E-state index contributed by atoms with van der Waals surface area (Å²) >= 11 is 0. The highest BCUT2D eigenvalue weighted by Gasteiger charge is 2.28. The molecule has 5 heteroatoms. The molecule has 0 unspecified atom stereocenters. The van der Waals surface area contributed by atoms with Crippen molar-refractivity contribution in [1.82, 2.24) is 0 Å². The molecule has 1 aliphatic heterocycles. The summed E-state index contributed by atoms with van der Waals surface area (Å²) in [4.78, 5) is 17.0. The maximum atomic E-state index is 12.5. The first kappa shape index (κ1) is 17.7. The Labute approximate surface area is 172 Å². The minimum atomic E-state index is -0.320. The smallest absolute Gasteiger partial charge is 0.275 e. The molecule has 1 aromatic heterocycles. The van der Waals surface area contributed by atoms with Gasteiger partial charge in [-0.3, -0.25) is 4.79 Å². The van der Waals surface area contributed by atoms with E-state index in [4.69, 9.17) is 4.42 Å². The Bertz CT molecular complexity index is 1330. The van der Waals surface area contributed by atoms with Gasteiger partial charge >= 0.3 is 0 Å². The number of aliphatic imine (C=N–C) groups is 1. The number of carbonyl (C=O) groups is 1. The first-order valence-electron chi connectivity index (χ1n) is 9.43. The van der Waals surface area contributed by atoms with Gasteiger partial charge in [-0.2, -0.15) is 5.26 Å². The summed E-state index contributed by atoms with van der Waals surface area (Å²) in [5, 5.41) is 12.8. The molecule has 0 fully saturated rings. The summed E-state index contributed by atoms with van der Waals surface area (Å²) in [5.41, 5.74) is 4.24. The fraction of sp³-hybridized carbons (Fsp3) is 0. The van der Waals surface area contributed by atoms with Gasteiger partial charge in [-0.25, -0.2) is 4.99 Å². The molecule has 4 aromatic rings. The number of anilines is 1. The van der Waals surface area contributed by atoms with E-state index in [-0.39, 0.29) is 17.5 Å². The lowest BCUT2D eigenvalue weighted by molar-refractivity contribution is -0.110. The number of hydrogen-bond acceptors (Lipinski definition) is 4. The minimum absolute atomic E-state index is 0.122. The van der Waals surface area contributed by atoms with Crippen molar-refractivity contribution in [2.24, 2.45) is 4.99 Å². The number of hydrogen-bond donors (Lipinski definition) is 1. The molecular formula is C25H15N3O2. The molecule has 0 bridgehead atoms. The van der Waals surface area contributed by atoms with Crippen LogP contribution in [-0.2, 0) is 4.79 Å². The van der Waals surface area contributed by atoms with E-state index in [1.54, 1.807) is 0 Å². The number of carbonyl (C=O) groups excluding carboxylic acids is 1. The van der Waals surface area contributed by atoms with Gasteiger partial charge in [-0.05, 0) is 11.6 Å². The molecule has 2 heterocycles. The predicted molar refractivity (Wildman–Crippen MR) is 116 cm³/mol. The molecule has 1 aliphatic rings. The number of benzene rings is 3. The Morgan fingerprint density at radius 2 is 1.47 bits per heavy atom. The number of nitrogens with one attached hydrogen (secondary N) is 1. The van der Waals surface area contributed by atoms with Crippen LogP contribution in [0.4, 0.5) is 11.6 Å². The number of furan rings is 1. The summed E-state index contributed by atoms with van der Waals surface area (Å²) < 4.78 is 6.11. The van der Waals surface area contributed by atoms with Gasteiger partial charge in [0.2, 0.25) is 5.88 Å². The average Bonchev–Trinajstić information content (AvgIpc) is 3.32. The number of nitriles is 1. The van der Waals surface area contributed by atoms with E-state index in [1.165, 1.54) is 0 Å². The molecule has 0 aliphatic carbocycles. The van der Waals surface area contributed by atoms with Gasteiger partial charge in [0, 0.05) is 16.7 Å². The molecule has 5 rings (SSSR count). The molecule has 0 saturated carbocycles. The molecule has 0 saturated heterocycles. The summed E-state index contributed by atoms with van der Waals surface area (Å²) in [6, 6.07) is 28.7. The molecular weight excluding hydrogens is 374 g/mol. The first-order chi connectivity index (χ1) is 14.8. The van der Waals surface area contributed by atoms with Crippen LogP contribution in [0.2, 0.25) is 0 Å². The quantitative estimate of drug-likeness (QED) is 0.498. The molecule has 30 heavy (non-hydrogen) atoms. The molecule has 1 N–H and O–H groups in total. The Kier molecular flexibility index (Phi) is 4.23. The third-order valence-corrected chi connectivity index (χ3v) is 4.96. The van der Waals surface area contributed by atoms with Gasteiger partial charge in [0.25, 0.3) is 5.91 Å². The van der Waals surface area contributed by atoms with E-state index in [9.17, 15) is 10.1 Å². The summed E-state index contributed by atoms with van der Waals surface area (Å²) in [6.07, 6.45) is 0. The van der Waals surface area contributed by atoms with Crippen molar-refractivity contribution in [1.29, 1.82) is 5.26 Å². The van der Waals surface area contributed by atoms with Crippen molar-refractivity contribution >= 4 is 23.2 Å². The van der Waals surface area contributed by atoms with Crippen LogP contribution in [-0.4, -0.2) is 11.6 Å². The highest BCUT2D eigenvalue weighted by molar-refractivity contribution is 6.54. The Balaban J connectivity index is 1.76. The SMILES string of the molecule is N#Cc1c(N=C2C(=O)Nc3ccccc32)oc(-c2ccccc2)c1-c1ccccc1. The molecule has 0 spiro atoms. The van der Waals surface area contributed by atoms with Crippen LogP contribution in [0.1, 0.15) is 11.1 Å². The van der Waals surface area contributed by atoms with E-state index in [1.807, 2.05) is 84.9 Å². The van der Waals surface area contributed by atoms with Gasteiger partial charge in [0.15, 0.2) is 0 Å². The fourth-order valence-electron chi connectivity index (χ4n) is 3.59. The standard InChI is InChI=1S/C25H15N3O2/c26-15-19-21(16-9-3-1-4-10-16)23(17-11-5-2-6-12-17)30-25(19)28-22-18-13-7-8-14-20(18)27-24(22)29/h1-14H,(H,27,28,29). The number of para-hydroxylation sites is 1. The number of fused-ring (bicyclic) bond motifs is 1. The van der Waals surface area contributed by atoms with Crippen molar-refractivity contribution in [3.63, 3.8) is 0 Å². The van der Waals surface area contributed by atoms with E-state index in [0.29, 0.717) is 28.1 Å². The molecule has 3 aromatic carbocycles. The average molecular weight is 389 g/mol. The van der Waals surface area contributed by atoms with E-state index in [2.05, 4.69) is 16.4 Å². The number of nitrogens with zero attached hydrogens (tertiary/aromatic N) is 2. The normalized spacial score (nSPS) is 13.7. The van der Waals surface area contributed by atoms with Gasteiger partial charge < -0.3 is 9.73 Å². The predicted octanol–water partition coefficient (Wildman–Crippen LogP) is 5.56. The van der Waals surface area contributed by atoms with Crippen LogP contribution in [0, 0.1) is 11.3 Å². The Morgan fingerprint density at radius 3 is 2.17 bits per heavy atom. The zero-order chi connectivity index (χ0) is 20.5. The Hall–Kier alpha value is -4.43. The maximum absolute atomic E-state index is 12.5. The van der Waals surface area contributed by atoms with Crippen molar-refractivity contribution in [3.8, 4) is 28.5 Å². The van der Waals surface area contributed by atoms with Crippen molar-refractivity contribution in [3.05, 3.63) is 96.1 Å². The zero-order valence-corrected chi connectivity index (χ0v) is 15.8. The second-order valence-electron chi connectivity index (χ2n) is 6.79. The summed E-state index contributed by atoms with van der Waals surface area (Å²) in [5.74, 6) is 0.348. The van der Waals surface area contributed by atoms with Crippen molar-refractivity contribution in [2.45, 2.75) is 0 Å². The monoisotopic (exact) mass is 389 g/mol. The molecule has 1 amide bonds. The van der Waals surface area contributed by atoms with Crippen LogP contribution in [0.25, 0.3) is 22.5 Å². The fourth-order valence-corrected chi connectivity index (χ4v) is 3.59.